The van der Waals surface area contributed by atoms with E-state index in [-0.39, 0.29) is 5.82 Å². The molecule has 2 aromatic heterocycles. The molecule has 0 radical (unpaired) electrons. The van der Waals surface area contributed by atoms with Crippen molar-refractivity contribution in [2.75, 3.05) is 20.7 Å². The summed E-state index contributed by atoms with van der Waals surface area (Å²) in [5.41, 5.74) is 3.60. The Morgan fingerprint density at radius 1 is 1.07 bits per heavy atom. The van der Waals surface area contributed by atoms with Crippen LogP contribution in [0.2, 0.25) is 0 Å². The lowest BCUT2D eigenvalue weighted by Gasteiger charge is -2.17. The molecule has 2 aromatic carbocycles. The first-order chi connectivity index (χ1) is 14.1. The second-order valence-electron chi connectivity index (χ2n) is 7.10. The Labute approximate surface area is 169 Å². The van der Waals surface area contributed by atoms with Crippen molar-refractivity contribution in [3.05, 3.63) is 83.9 Å². The van der Waals surface area contributed by atoms with Gasteiger partial charge in [-0.3, -0.25) is 4.98 Å². The summed E-state index contributed by atoms with van der Waals surface area (Å²) >= 11 is 0. The van der Waals surface area contributed by atoms with Crippen LogP contribution in [0.4, 0.5) is 4.39 Å². The lowest BCUT2D eigenvalue weighted by Crippen LogP contribution is -2.21. The van der Waals surface area contributed by atoms with Crippen LogP contribution in [0.1, 0.15) is 11.3 Å². The van der Waals surface area contributed by atoms with Crippen molar-refractivity contribution in [1.82, 2.24) is 9.88 Å². The molecule has 4 nitrogen and oxygen atoms in total. The quantitative estimate of drug-likeness (QED) is 0.428. The van der Waals surface area contributed by atoms with Gasteiger partial charge in [-0.15, -0.1) is 0 Å². The number of pyridine rings is 1. The maximum Gasteiger partial charge on any atom is 0.176 e. The Bertz CT molecular complexity index is 1110. The number of nitrogens with zero attached hydrogens (tertiary/aromatic N) is 2. The van der Waals surface area contributed by atoms with E-state index in [9.17, 15) is 4.39 Å². The van der Waals surface area contributed by atoms with Crippen LogP contribution in [0.15, 0.2) is 71.3 Å². The van der Waals surface area contributed by atoms with E-state index < -0.39 is 0 Å². The smallest absolute Gasteiger partial charge is 0.176 e. The highest BCUT2D eigenvalue weighted by molar-refractivity contribution is 5.90. The van der Waals surface area contributed by atoms with Gasteiger partial charge >= 0.3 is 0 Å². The summed E-state index contributed by atoms with van der Waals surface area (Å²) in [6, 6.07) is 18.3. The third-order valence-corrected chi connectivity index (χ3v) is 4.98. The Balaban J connectivity index is 1.60. The summed E-state index contributed by atoms with van der Waals surface area (Å²) in [6.45, 7) is 1.65. The van der Waals surface area contributed by atoms with Crippen LogP contribution >= 0.6 is 0 Å². The van der Waals surface area contributed by atoms with Gasteiger partial charge in [0.25, 0.3) is 0 Å². The predicted octanol–water partition coefficient (Wildman–Crippen LogP) is 5.32. The molecule has 0 saturated heterocycles. The van der Waals surface area contributed by atoms with Crippen LogP contribution in [-0.4, -0.2) is 30.6 Å². The lowest BCUT2D eigenvalue weighted by molar-refractivity contribution is 0.331. The third-order valence-electron chi connectivity index (χ3n) is 4.98. The van der Waals surface area contributed by atoms with E-state index in [0.29, 0.717) is 22.7 Å². The molecule has 0 amide bonds. The van der Waals surface area contributed by atoms with Crippen molar-refractivity contribution in [3.63, 3.8) is 0 Å². The number of rotatable bonds is 7. The van der Waals surface area contributed by atoms with E-state index in [1.54, 1.807) is 13.2 Å². The zero-order valence-corrected chi connectivity index (χ0v) is 16.6. The standard InChI is InChI=1S/C24H23FN2O2/c1-27(13-11-20-8-3-4-12-26-20)16-18-9-10-22(28-2)24-21(18)15-23(29-24)17-6-5-7-19(25)14-17/h3-10,12,14-15H,11,13,16H2,1-2H3. The van der Waals surface area contributed by atoms with E-state index in [0.717, 1.165) is 36.2 Å². The Hall–Kier alpha value is -3.18. The molecule has 4 rings (SSSR count). The molecule has 0 fully saturated rings. The van der Waals surface area contributed by atoms with E-state index in [1.807, 2.05) is 42.6 Å². The molecule has 4 aromatic rings. The molecule has 0 saturated carbocycles. The second kappa shape index (κ2) is 8.45. The number of halogens is 1. The summed E-state index contributed by atoms with van der Waals surface area (Å²) in [5, 5.41) is 0.980. The van der Waals surface area contributed by atoms with Gasteiger partial charge in [0.1, 0.15) is 11.6 Å². The number of hydrogen-bond donors (Lipinski definition) is 0. The largest absolute Gasteiger partial charge is 0.493 e. The average Bonchev–Trinajstić information content (AvgIpc) is 3.19. The van der Waals surface area contributed by atoms with Gasteiger partial charge in [-0.25, -0.2) is 4.39 Å². The molecule has 5 heteroatoms. The van der Waals surface area contributed by atoms with Crippen molar-refractivity contribution in [2.24, 2.45) is 0 Å². The molecule has 2 heterocycles. The molecule has 29 heavy (non-hydrogen) atoms. The summed E-state index contributed by atoms with van der Waals surface area (Å²) in [5.74, 6) is 1.01. The topological polar surface area (TPSA) is 38.5 Å². The second-order valence-corrected chi connectivity index (χ2v) is 7.10. The zero-order valence-electron chi connectivity index (χ0n) is 16.6. The maximum atomic E-state index is 13.7. The highest BCUT2D eigenvalue weighted by Gasteiger charge is 2.15. The fourth-order valence-corrected chi connectivity index (χ4v) is 3.46. The van der Waals surface area contributed by atoms with Gasteiger partial charge in [-0.2, -0.15) is 0 Å². The molecular formula is C24H23FN2O2. The van der Waals surface area contributed by atoms with Crippen molar-refractivity contribution in [1.29, 1.82) is 0 Å². The molecule has 0 unspecified atom stereocenters. The minimum absolute atomic E-state index is 0.288. The number of fused-ring (bicyclic) bond motifs is 1. The molecule has 0 bridgehead atoms. The highest BCUT2D eigenvalue weighted by atomic mass is 19.1. The molecular weight excluding hydrogens is 367 g/mol. The minimum atomic E-state index is -0.288. The fourth-order valence-electron chi connectivity index (χ4n) is 3.46. The maximum absolute atomic E-state index is 13.7. The van der Waals surface area contributed by atoms with Crippen LogP contribution in [-0.2, 0) is 13.0 Å². The van der Waals surface area contributed by atoms with E-state index >= 15 is 0 Å². The predicted molar refractivity (Wildman–Crippen MR) is 112 cm³/mol. The number of benzene rings is 2. The fraction of sp³-hybridized carbons (Fsp3) is 0.208. The summed E-state index contributed by atoms with van der Waals surface area (Å²) in [7, 11) is 3.71. The van der Waals surface area contributed by atoms with Crippen LogP contribution in [0.25, 0.3) is 22.3 Å². The Morgan fingerprint density at radius 3 is 2.72 bits per heavy atom. The first-order valence-electron chi connectivity index (χ1n) is 9.58. The normalized spacial score (nSPS) is 11.3. The molecule has 0 aliphatic rings. The van der Waals surface area contributed by atoms with Crippen molar-refractivity contribution in [3.8, 4) is 17.1 Å². The first-order valence-corrected chi connectivity index (χ1v) is 9.58. The summed E-state index contributed by atoms with van der Waals surface area (Å²) in [6.07, 6.45) is 2.71. The molecule has 0 aliphatic heterocycles. The molecule has 0 aliphatic carbocycles. The summed E-state index contributed by atoms with van der Waals surface area (Å²) < 4.78 is 25.2. The van der Waals surface area contributed by atoms with Crippen molar-refractivity contribution >= 4 is 11.0 Å². The number of aromatic nitrogens is 1. The zero-order chi connectivity index (χ0) is 20.2. The first kappa shape index (κ1) is 19.2. The number of methoxy groups -OCH3 is 1. The molecule has 0 spiro atoms. The van der Waals surface area contributed by atoms with Crippen LogP contribution < -0.4 is 4.74 Å². The number of hydrogen-bond acceptors (Lipinski definition) is 4. The number of furan rings is 1. The van der Waals surface area contributed by atoms with Gasteiger partial charge in [0.15, 0.2) is 11.3 Å². The van der Waals surface area contributed by atoms with Gasteiger partial charge in [-0.1, -0.05) is 24.3 Å². The third kappa shape index (κ3) is 4.30. The number of likely N-dealkylation sites (N-methyl/N-ethyl adjacent to an activating group) is 1. The van der Waals surface area contributed by atoms with Gasteiger partial charge in [-0.05, 0) is 49.0 Å². The molecule has 0 atom stereocenters. The summed E-state index contributed by atoms with van der Waals surface area (Å²) in [4.78, 5) is 6.64. The lowest BCUT2D eigenvalue weighted by atomic mass is 10.1. The van der Waals surface area contributed by atoms with Gasteiger partial charge in [0.05, 0.1) is 7.11 Å². The van der Waals surface area contributed by atoms with Crippen molar-refractivity contribution in [2.45, 2.75) is 13.0 Å². The molecule has 148 valence electrons. The Morgan fingerprint density at radius 2 is 1.97 bits per heavy atom. The minimum Gasteiger partial charge on any atom is -0.493 e. The van der Waals surface area contributed by atoms with E-state index in [4.69, 9.17) is 9.15 Å². The SMILES string of the molecule is COc1ccc(CN(C)CCc2ccccn2)c2cc(-c3cccc(F)c3)oc12. The van der Waals surface area contributed by atoms with E-state index in [2.05, 4.69) is 23.0 Å². The van der Waals surface area contributed by atoms with Gasteiger partial charge < -0.3 is 14.1 Å². The molecule has 0 N–H and O–H groups in total. The van der Waals surface area contributed by atoms with Crippen molar-refractivity contribution < 1.29 is 13.5 Å². The monoisotopic (exact) mass is 390 g/mol. The van der Waals surface area contributed by atoms with Crippen LogP contribution in [0, 0.1) is 5.82 Å². The van der Waals surface area contributed by atoms with E-state index in [1.165, 1.54) is 12.1 Å². The van der Waals surface area contributed by atoms with Crippen LogP contribution in [0.3, 0.4) is 0 Å². The highest BCUT2D eigenvalue weighted by Crippen LogP contribution is 2.36. The number of ether oxygens (including phenoxy) is 1. The van der Waals surface area contributed by atoms with Crippen LogP contribution in [0.5, 0.6) is 5.75 Å². The average molecular weight is 390 g/mol. The van der Waals surface area contributed by atoms with Gasteiger partial charge in [0.2, 0.25) is 0 Å². The Kier molecular flexibility index (Phi) is 5.58. The van der Waals surface area contributed by atoms with Gasteiger partial charge in [0, 0.05) is 42.4 Å².